The number of amides is 4. The minimum atomic E-state index is -0.713. The van der Waals surface area contributed by atoms with Crippen LogP contribution in [0.15, 0.2) is 52.3 Å². The lowest BCUT2D eigenvalue weighted by Crippen LogP contribution is -2.45. The predicted octanol–water partition coefficient (Wildman–Crippen LogP) is 3.09. The van der Waals surface area contributed by atoms with Crippen molar-refractivity contribution in [1.29, 1.82) is 0 Å². The first-order chi connectivity index (χ1) is 14.9. The minimum Gasteiger partial charge on any atom is -0.467 e. The summed E-state index contributed by atoms with van der Waals surface area (Å²) in [7, 11) is 1.60. The van der Waals surface area contributed by atoms with Gasteiger partial charge in [0.2, 0.25) is 5.91 Å². The van der Waals surface area contributed by atoms with E-state index in [1.54, 1.807) is 42.3 Å². The van der Waals surface area contributed by atoms with Gasteiger partial charge in [-0.15, -0.1) is 0 Å². The van der Waals surface area contributed by atoms with E-state index in [1.807, 2.05) is 0 Å². The van der Waals surface area contributed by atoms with Crippen LogP contribution in [-0.4, -0.2) is 47.8 Å². The number of hydrogen-bond donors (Lipinski definition) is 2. The molecule has 1 atom stereocenters. The lowest BCUT2D eigenvalue weighted by atomic mass is 9.95. The number of likely N-dealkylation sites (N-methyl/N-ethyl adjacent to an activating group) is 1. The molecule has 2 N–H and O–H groups in total. The zero-order valence-electron chi connectivity index (χ0n) is 16.7. The van der Waals surface area contributed by atoms with Crippen molar-refractivity contribution in [3.8, 4) is 0 Å². The quantitative estimate of drug-likeness (QED) is 0.689. The molecule has 0 fully saturated rings. The Morgan fingerprint density at radius 2 is 2.06 bits per heavy atom. The van der Waals surface area contributed by atoms with Crippen molar-refractivity contribution in [2.75, 3.05) is 20.1 Å². The van der Waals surface area contributed by atoms with Gasteiger partial charge < -0.3 is 20.0 Å². The molecule has 10 heteroatoms. The molecule has 1 aromatic carbocycles. The molecule has 4 amide bonds. The molecule has 31 heavy (non-hydrogen) atoms. The Morgan fingerprint density at radius 3 is 2.81 bits per heavy atom. The summed E-state index contributed by atoms with van der Waals surface area (Å²) < 4.78 is 5.19. The van der Waals surface area contributed by atoms with Crippen LogP contribution in [0, 0.1) is 0 Å². The first-order valence-electron chi connectivity index (χ1n) is 9.66. The third kappa shape index (κ3) is 4.13. The van der Waals surface area contributed by atoms with Crippen LogP contribution >= 0.6 is 23.2 Å². The average Bonchev–Trinajstić information content (AvgIpc) is 3.38. The first-order valence-corrected chi connectivity index (χ1v) is 10.4. The van der Waals surface area contributed by atoms with Crippen molar-refractivity contribution >= 4 is 41.0 Å². The van der Waals surface area contributed by atoms with Crippen LogP contribution in [0.25, 0.3) is 0 Å². The lowest BCUT2D eigenvalue weighted by molar-refractivity contribution is -0.127. The standard InChI is InChI=1S/C21H20Cl2N4O4/c1-26-15-11-27(8-7-16(28)24-10-12-4-3-9-31-12)20(29)17(15)19(25-21(26)30)13-5-2-6-14(22)18(13)23/h2-6,9,19H,7-8,10-11H2,1H3,(H,24,28)(H,25,30). The highest BCUT2D eigenvalue weighted by Gasteiger charge is 2.43. The normalized spacial score (nSPS) is 18.4. The predicted molar refractivity (Wildman–Crippen MR) is 114 cm³/mol. The van der Waals surface area contributed by atoms with Crippen LogP contribution in [0.1, 0.15) is 23.8 Å². The number of hydrogen-bond acceptors (Lipinski definition) is 4. The fourth-order valence-corrected chi connectivity index (χ4v) is 4.12. The summed E-state index contributed by atoms with van der Waals surface area (Å²) in [5, 5.41) is 6.20. The van der Waals surface area contributed by atoms with E-state index in [0.717, 1.165) is 0 Å². The van der Waals surface area contributed by atoms with E-state index in [4.69, 9.17) is 27.6 Å². The van der Waals surface area contributed by atoms with Gasteiger partial charge in [0, 0.05) is 20.0 Å². The number of carbonyl (C=O) groups excluding carboxylic acids is 3. The Hall–Kier alpha value is -2.97. The van der Waals surface area contributed by atoms with Crippen molar-refractivity contribution in [1.82, 2.24) is 20.4 Å². The number of carbonyl (C=O) groups is 3. The summed E-state index contributed by atoms with van der Waals surface area (Å²) >= 11 is 12.5. The summed E-state index contributed by atoms with van der Waals surface area (Å²) in [6, 6.07) is 7.55. The topological polar surface area (TPSA) is 94.9 Å². The van der Waals surface area contributed by atoms with E-state index in [0.29, 0.717) is 27.6 Å². The van der Waals surface area contributed by atoms with E-state index >= 15 is 0 Å². The third-order valence-electron chi connectivity index (χ3n) is 5.38. The maximum absolute atomic E-state index is 13.2. The number of urea groups is 1. The molecule has 0 spiro atoms. The Labute approximate surface area is 188 Å². The molecule has 2 aromatic rings. The molecule has 162 valence electrons. The van der Waals surface area contributed by atoms with Crippen molar-refractivity contribution in [3.63, 3.8) is 0 Å². The molecule has 0 radical (unpaired) electrons. The van der Waals surface area contributed by atoms with Gasteiger partial charge in [0.25, 0.3) is 5.91 Å². The molecular formula is C21H20Cl2N4O4. The first kappa shape index (κ1) is 21.3. The number of furan rings is 1. The molecule has 8 nitrogen and oxygen atoms in total. The summed E-state index contributed by atoms with van der Waals surface area (Å²) in [5.41, 5.74) is 1.57. The lowest BCUT2D eigenvalue weighted by Gasteiger charge is -2.31. The second kappa shape index (κ2) is 8.64. The molecule has 1 aromatic heterocycles. The molecular weight excluding hydrogens is 443 g/mol. The van der Waals surface area contributed by atoms with E-state index in [2.05, 4.69) is 10.6 Å². The van der Waals surface area contributed by atoms with Crippen molar-refractivity contribution in [2.24, 2.45) is 0 Å². The van der Waals surface area contributed by atoms with Crippen LogP contribution in [0.4, 0.5) is 4.79 Å². The van der Waals surface area contributed by atoms with Crippen LogP contribution < -0.4 is 10.6 Å². The maximum Gasteiger partial charge on any atom is 0.322 e. The van der Waals surface area contributed by atoms with Gasteiger partial charge in [0.1, 0.15) is 5.76 Å². The average molecular weight is 463 g/mol. The zero-order valence-corrected chi connectivity index (χ0v) is 18.2. The highest BCUT2D eigenvalue weighted by atomic mass is 35.5. The number of halogens is 2. The van der Waals surface area contributed by atoms with Crippen LogP contribution in [-0.2, 0) is 16.1 Å². The molecule has 0 aliphatic carbocycles. The van der Waals surface area contributed by atoms with Gasteiger partial charge in [-0.1, -0.05) is 35.3 Å². The van der Waals surface area contributed by atoms with Gasteiger partial charge in [-0.25, -0.2) is 4.79 Å². The van der Waals surface area contributed by atoms with Gasteiger partial charge in [-0.3, -0.25) is 14.5 Å². The molecule has 4 rings (SSSR count). The number of rotatable bonds is 6. The molecule has 0 saturated heterocycles. The summed E-state index contributed by atoms with van der Waals surface area (Å²) in [4.78, 5) is 40.8. The van der Waals surface area contributed by atoms with Crippen LogP contribution in [0.2, 0.25) is 10.0 Å². The second-order valence-corrected chi connectivity index (χ2v) is 8.06. The highest BCUT2D eigenvalue weighted by molar-refractivity contribution is 6.42. The Kier molecular flexibility index (Phi) is 5.93. The number of nitrogens with zero attached hydrogens (tertiary/aromatic N) is 2. The van der Waals surface area contributed by atoms with Crippen LogP contribution in [0.3, 0.4) is 0 Å². The Morgan fingerprint density at radius 1 is 1.26 bits per heavy atom. The summed E-state index contributed by atoms with van der Waals surface area (Å²) in [6.07, 6.45) is 1.66. The Balaban J connectivity index is 1.48. The molecule has 2 aliphatic heterocycles. The van der Waals surface area contributed by atoms with E-state index in [-0.39, 0.29) is 48.9 Å². The van der Waals surface area contributed by atoms with E-state index in [9.17, 15) is 14.4 Å². The maximum atomic E-state index is 13.2. The fraction of sp³-hybridized carbons (Fsp3) is 0.286. The molecule has 0 saturated carbocycles. The largest absolute Gasteiger partial charge is 0.467 e. The monoisotopic (exact) mass is 462 g/mol. The molecule has 0 bridgehead atoms. The fourth-order valence-electron chi connectivity index (χ4n) is 3.70. The number of nitrogens with one attached hydrogen (secondary N) is 2. The SMILES string of the molecule is CN1C(=O)NC(c2cccc(Cl)c2Cl)C2=C1CN(CCC(=O)NCc1ccco1)C2=O. The van der Waals surface area contributed by atoms with Gasteiger partial charge in [-0.2, -0.15) is 0 Å². The highest BCUT2D eigenvalue weighted by Crippen LogP contribution is 2.39. The zero-order chi connectivity index (χ0) is 22.1. The van der Waals surface area contributed by atoms with E-state index in [1.165, 1.54) is 11.2 Å². The summed E-state index contributed by atoms with van der Waals surface area (Å²) in [6.45, 7) is 0.733. The molecule has 2 aliphatic rings. The van der Waals surface area contributed by atoms with Gasteiger partial charge >= 0.3 is 6.03 Å². The van der Waals surface area contributed by atoms with Gasteiger partial charge in [0.05, 0.1) is 46.7 Å². The van der Waals surface area contributed by atoms with Crippen molar-refractivity contribution < 1.29 is 18.8 Å². The number of benzene rings is 1. The summed E-state index contributed by atoms with van der Waals surface area (Å²) in [5.74, 6) is 0.197. The second-order valence-electron chi connectivity index (χ2n) is 7.28. The van der Waals surface area contributed by atoms with Gasteiger partial charge in [0.15, 0.2) is 0 Å². The van der Waals surface area contributed by atoms with Gasteiger partial charge in [-0.05, 0) is 23.8 Å². The Bertz CT molecular complexity index is 1070. The van der Waals surface area contributed by atoms with Crippen molar-refractivity contribution in [3.05, 3.63) is 69.2 Å². The van der Waals surface area contributed by atoms with Crippen LogP contribution in [0.5, 0.6) is 0 Å². The molecule has 3 heterocycles. The minimum absolute atomic E-state index is 0.126. The third-order valence-corrected chi connectivity index (χ3v) is 6.21. The molecule has 1 unspecified atom stereocenters. The van der Waals surface area contributed by atoms with Crippen molar-refractivity contribution in [2.45, 2.75) is 19.0 Å². The smallest absolute Gasteiger partial charge is 0.322 e. The van der Waals surface area contributed by atoms with E-state index < -0.39 is 6.04 Å².